The van der Waals surface area contributed by atoms with Crippen LogP contribution in [-0.4, -0.2) is 64.1 Å². The van der Waals surface area contributed by atoms with Gasteiger partial charge in [0.05, 0.1) is 18.1 Å². The van der Waals surface area contributed by atoms with Gasteiger partial charge in [-0.2, -0.15) is 4.31 Å². The number of carbonyl (C=O) groups excluding carboxylic acids is 2. The van der Waals surface area contributed by atoms with Crippen molar-refractivity contribution in [2.45, 2.75) is 17.7 Å². The summed E-state index contributed by atoms with van der Waals surface area (Å²) >= 11 is 0. The van der Waals surface area contributed by atoms with E-state index in [-0.39, 0.29) is 23.3 Å². The molecule has 2 N–H and O–H groups in total. The molecule has 2 heterocycles. The lowest BCUT2D eigenvalue weighted by Crippen LogP contribution is -2.40. The van der Waals surface area contributed by atoms with E-state index in [4.69, 9.17) is 4.74 Å². The van der Waals surface area contributed by atoms with E-state index < -0.39 is 10.0 Å². The maximum Gasteiger partial charge on any atom is 0.321 e. The van der Waals surface area contributed by atoms with Gasteiger partial charge in [0, 0.05) is 44.0 Å². The van der Waals surface area contributed by atoms with Gasteiger partial charge in [0.25, 0.3) is 0 Å². The van der Waals surface area contributed by atoms with Crippen molar-refractivity contribution >= 4 is 33.3 Å². The molecule has 0 saturated carbocycles. The van der Waals surface area contributed by atoms with Gasteiger partial charge < -0.3 is 15.4 Å². The summed E-state index contributed by atoms with van der Waals surface area (Å²) in [5.74, 6) is -0.137. The molecule has 2 saturated heterocycles. The van der Waals surface area contributed by atoms with Crippen molar-refractivity contribution < 1.29 is 22.7 Å². The third kappa shape index (κ3) is 5.09. The van der Waals surface area contributed by atoms with Gasteiger partial charge in [-0.25, -0.2) is 13.2 Å². The number of amides is 3. The number of carbonyl (C=O) groups is 2. The van der Waals surface area contributed by atoms with E-state index in [2.05, 4.69) is 10.6 Å². The van der Waals surface area contributed by atoms with Gasteiger partial charge in [0.1, 0.15) is 0 Å². The number of nitrogens with one attached hydrogen (secondary N) is 2. The summed E-state index contributed by atoms with van der Waals surface area (Å²) in [5.41, 5.74) is 2.33. The van der Waals surface area contributed by atoms with E-state index in [1.165, 1.54) is 4.31 Å². The largest absolute Gasteiger partial charge is 0.379 e. The molecule has 10 heteroatoms. The van der Waals surface area contributed by atoms with E-state index in [9.17, 15) is 18.0 Å². The van der Waals surface area contributed by atoms with Crippen LogP contribution >= 0.6 is 0 Å². The van der Waals surface area contributed by atoms with Crippen molar-refractivity contribution in [3.05, 3.63) is 54.1 Å². The first-order valence-corrected chi connectivity index (χ1v) is 12.0. The molecule has 4 rings (SSSR count). The number of anilines is 2. The van der Waals surface area contributed by atoms with Gasteiger partial charge >= 0.3 is 6.03 Å². The molecule has 32 heavy (non-hydrogen) atoms. The van der Waals surface area contributed by atoms with E-state index in [0.717, 1.165) is 11.3 Å². The number of ether oxygens (including phenoxy) is 1. The average Bonchev–Trinajstić information content (AvgIpc) is 3.25. The quantitative estimate of drug-likeness (QED) is 0.658. The monoisotopic (exact) mass is 458 g/mol. The molecular weight excluding hydrogens is 432 g/mol. The van der Waals surface area contributed by atoms with E-state index in [0.29, 0.717) is 51.5 Å². The van der Waals surface area contributed by atoms with Crippen molar-refractivity contribution in [1.29, 1.82) is 0 Å². The Morgan fingerprint density at radius 2 is 1.69 bits per heavy atom. The lowest BCUT2D eigenvalue weighted by molar-refractivity contribution is -0.116. The zero-order valence-electron chi connectivity index (χ0n) is 17.6. The van der Waals surface area contributed by atoms with Crippen LogP contribution in [0.25, 0.3) is 0 Å². The number of benzene rings is 2. The van der Waals surface area contributed by atoms with Crippen LogP contribution in [0.5, 0.6) is 0 Å². The number of morpholine rings is 1. The van der Waals surface area contributed by atoms with Crippen molar-refractivity contribution in [3.8, 4) is 0 Å². The maximum absolute atomic E-state index is 12.7. The Hall–Kier alpha value is -2.95. The highest BCUT2D eigenvalue weighted by molar-refractivity contribution is 7.89. The molecule has 0 aromatic heterocycles. The number of sulfonamides is 1. The molecule has 0 aliphatic carbocycles. The van der Waals surface area contributed by atoms with E-state index in [1.54, 1.807) is 53.4 Å². The molecule has 2 aliphatic heterocycles. The molecule has 0 unspecified atom stereocenters. The molecule has 170 valence electrons. The van der Waals surface area contributed by atoms with Crippen molar-refractivity contribution in [2.75, 3.05) is 49.6 Å². The normalized spacial score (nSPS) is 17.2. The first-order valence-electron chi connectivity index (χ1n) is 10.6. The molecule has 2 aliphatic rings. The summed E-state index contributed by atoms with van der Waals surface area (Å²) in [6.07, 6.45) is 0.765. The SMILES string of the molecule is O=C(CCc1ccc(S(=O)(=O)N2CCOCC2)cc1)Nc1ccc(N2CCNC2=O)cc1. The minimum atomic E-state index is -3.52. The van der Waals surface area contributed by atoms with Gasteiger partial charge in [-0.1, -0.05) is 12.1 Å². The Labute approximate surface area is 187 Å². The fourth-order valence-corrected chi connectivity index (χ4v) is 5.10. The van der Waals surface area contributed by atoms with Crippen LogP contribution in [0.1, 0.15) is 12.0 Å². The maximum atomic E-state index is 12.7. The Morgan fingerprint density at radius 1 is 1.00 bits per heavy atom. The standard InChI is InChI=1S/C22H26N4O5S/c27-21(24-18-4-6-19(7-5-18)26-12-11-23-22(26)28)10-3-17-1-8-20(9-2-17)32(29,30)25-13-15-31-16-14-25/h1-2,4-9H,3,10-16H2,(H,23,28)(H,24,27). The van der Waals surface area contributed by atoms with E-state index >= 15 is 0 Å². The van der Waals surface area contributed by atoms with E-state index in [1.807, 2.05) is 0 Å². The molecule has 0 spiro atoms. The summed E-state index contributed by atoms with van der Waals surface area (Å²) in [7, 11) is -3.52. The minimum absolute atomic E-state index is 0.120. The van der Waals surface area contributed by atoms with Crippen LogP contribution in [0.15, 0.2) is 53.4 Å². The summed E-state index contributed by atoms with van der Waals surface area (Å²) < 4.78 is 32.0. The number of urea groups is 1. The summed E-state index contributed by atoms with van der Waals surface area (Å²) in [6.45, 7) is 2.77. The second-order valence-electron chi connectivity index (χ2n) is 7.64. The van der Waals surface area contributed by atoms with Gasteiger partial charge in [-0.15, -0.1) is 0 Å². The predicted molar refractivity (Wildman–Crippen MR) is 120 cm³/mol. The topological polar surface area (TPSA) is 108 Å². The van der Waals surface area contributed by atoms with Crippen molar-refractivity contribution in [2.24, 2.45) is 0 Å². The molecule has 2 aromatic rings. The second-order valence-corrected chi connectivity index (χ2v) is 9.58. The Kier molecular flexibility index (Phi) is 6.73. The van der Waals surface area contributed by atoms with Gasteiger partial charge in [0.2, 0.25) is 15.9 Å². The summed E-state index contributed by atoms with van der Waals surface area (Å²) in [4.78, 5) is 25.9. The number of hydrogen-bond donors (Lipinski definition) is 2. The molecule has 9 nitrogen and oxygen atoms in total. The van der Waals surface area contributed by atoms with Crippen LogP contribution < -0.4 is 15.5 Å². The minimum Gasteiger partial charge on any atom is -0.379 e. The first kappa shape index (κ1) is 22.3. The van der Waals surface area contributed by atoms with Crippen molar-refractivity contribution in [1.82, 2.24) is 9.62 Å². The second kappa shape index (κ2) is 9.68. The zero-order valence-corrected chi connectivity index (χ0v) is 18.4. The third-order valence-corrected chi connectivity index (χ3v) is 7.40. The van der Waals surface area contributed by atoms with Crippen LogP contribution in [0.3, 0.4) is 0 Å². The third-order valence-electron chi connectivity index (χ3n) is 5.49. The van der Waals surface area contributed by atoms with Crippen molar-refractivity contribution in [3.63, 3.8) is 0 Å². The van der Waals surface area contributed by atoms with Gasteiger partial charge in [-0.3, -0.25) is 9.69 Å². The molecule has 2 fully saturated rings. The smallest absolute Gasteiger partial charge is 0.321 e. The molecule has 3 amide bonds. The van der Waals surface area contributed by atoms with Crippen LogP contribution in [0.2, 0.25) is 0 Å². The fraction of sp³-hybridized carbons (Fsp3) is 0.364. The Bertz CT molecular complexity index is 1060. The molecular formula is C22H26N4O5S. The number of aryl methyl sites for hydroxylation is 1. The molecule has 0 radical (unpaired) electrons. The Balaban J connectivity index is 1.29. The van der Waals surface area contributed by atoms with Crippen LogP contribution in [0.4, 0.5) is 16.2 Å². The molecule has 0 atom stereocenters. The fourth-order valence-electron chi connectivity index (χ4n) is 3.69. The summed E-state index contributed by atoms with van der Waals surface area (Å²) in [5, 5.41) is 5.60. The predicted octanol–water partition coefficient (Wildman–Crippen LogP) is 1.81. The van der Waals surface area contributed by atoms with Gasteiger partial charge in [0.15, 0.2) is 0 Å². The number of rotatable bonds is 7. The lowest BCUT2D eigenvalue weighted by atomic mass is 10.1. The zero-order chi connectivity index (χ0) is 22.6. The highest BCUT2D eigenvalue weighted by atomic mass is 32.2. The lowest BCUT2D eigenvalue weighted by Gasteiger charge is -2.26. The summed E-state index contributed by atoms with van der Waals surface area (Å²) in [6, 6.07) is 13.7. The highest BCUT2D eigenvalue weighted by Crippen LogP contribution is 2.21. The number of hydrogen-bond acceptors (Lipinski definition) is 5. The average molecular weight is 459 g/mol. The molecule has 0 bridgehead atoms. The molecule has 2 aromatic carbocycles. The first-order chi connectivity index (χ1) is 15.4. The number of nitrogens with zero attached hydrogens (tertiary/aromatic N) is 2. The Morgan fingerprint density at radius 3 is 2.31 bits per heavy atom. The van der Waals surface area contributed by atoms with Gasteiger partial charge in [-0.05, 0) is 48.4 Å². The van der Waals surface area contributed by atoms with Crippen LogP contribution in [-0.2, 0) is 26.0 Å². The van der Waals surface area contributed by atoms with Crippen LogP contribution in [0, 0.1) is 0 Å². The highest BCUT2D eigenvalue weighted by Gasteiger charge is 2.26.